The van der Waals surface area contributed by atoms with E-state index in [1.807, 2.05) is 56.3 Å². The molecule has 1 aromatic heterocycles. The third-order valence-corrected chi connectivity index (χ3v) is 9.52. The molecule has 0 N–H and O–H groups in total. The van der Waals surface area contributed by atoms with E-state index in [1.165, 1.54) is 30.8 Å². The van der Waals surface area contributed by atoms with Crippen LogP contribution in [-0.4, -0.2) is 75.8 Å². The van der Waals surface area contributed by atoms with E-state index in [2.05, 4.69) is 6.07 Å². The maximum atomic E-state index is 14.0. The minimum absolute atomic E-state index is 0.0147. The topological polar surface area (TPSA) is 78.8 Å². The van der Waals surface area contributed by atoms with E-state index in [9.17, 15) is 18.8 Å². The van der Waals surface area contributed by atoms with Crippen LogP contribution in [0, 0.1) is 19.7 Å². The zero-order chi connectivity index (χ0) is 31.0. The Labute approximate surface area is 260 Å². The number of hydrogen-bond acceptors (Lipinski definition) is 5. The average molecular weight is 612 g/mol. The summed E-state index contributed by atoms with van der Waals surface area (Å²) in [6, 6.07) is 22.2. The summed E-state index contributed by atoms with van der Waals surface area (Å²) in [6.07, 6.45) is 0. The maximum Gasteiger partial charge on any atom is 0.242 e. The van der Waals surface area contributed by atoms with Crippen LogP contribution in [0.5, 0.6) is 0 Å². The molecule has 0 bridgehead atoms. The van der Waals surface area contributed by atoms with Crippen LogP contribution in [-0.2, 0) is 14.4 Å². The van der Waals surface area contributed by atoms with Gasteiger partial charge in [-0.3, -0.25) is 19.3 Å². The molecule has 3 heterocycles. The lowest BCUT2D eigenvalue weighted by atomic mass is 9.99. The molecule has 1 unspecified atom stereocenters. The summed E-state index contributed by atoms with van der Waals surface area (Å²) >= 11 is 1.45. The molecule has 226 valence electrons. The van der Waals surface area contributed by atoms with Crippen molar-refractivity contribution in [3.63, 3.8) is 0 Å². The molecule has 6 rings (SSSR count). The highest BCUT2D eigenvalue weighted by molar-refractivity contribution is 8.00. The Morgan fingerprint density at radius 2 is 1.61 bits per heavy atom. The van der Waals surface area contributed by atoms with E-state index in [4.69, 9.17) is 5.10 Å². The summed E-state index contributed by atoms with van der Waals surface area (Å²) in [6.45, 7) is 7.14. The summed E-state index contributed by atoms with van der Waals surface area (Å²) in [5, 5.41) is 4.81. The zero-order valence-electron chi connectivity index (χ0n) is 25.0. The van der Waals surface area contributed by atoms with Crippen molar-refractivity contribution in [2.45, 2.75) is 26.0 Å². The molecular weight excluding hydrogens is 577 g/mol. The third kappa shape index (κ3) is 5.74. The van der Waals surface area contributed by atoms with E-state index in [0.29, 0.717) is 37.7 Å². The van der Waals surface area contributed by atoms with Crippen LogP contribution in [0.25, 0.3) is 16.9 Å². The summed E-state index contributed by atoms with van der Waals surface area (Å²) in [5.74, 6) is -0.0806. The molecule has 1 fully saturated rings. The van der Waals surface area contributed by atoms with Gasteiger partial charge >= 0.3 is 0 Å². The van der Waals surface area contributed by atoms with Crippen molar-refractivity contribution in [1.82, 2.24) is 19.6 Å². The number of benzene rings is 3. The number of hydrogen-bond donors (Lipinski definition) is 0. The van der Waals surface area contributed by atoms with Gasteiger partial charge in [-0.15, -0.1) is 11.8 Å². The highest BCUT2D eigenvalue weighted by Crippen LogP contribution is 2.48. The molecular formula is C34H34FN5O3S. The van der Waals surface area contributed by atoms with E-state index in [0.717, 1.165) is 33.5 Å². The lowest BCUT2D eigenvalue weighted by Gasteiger charge is -2.35. The smallest absolute Gasteiger partial charge is 0.242 e. The van der Waals surface area contributed by atoms with Gasteiger partial charge < -0.3 is 9.80 Å². The Morgan fingerprint density at radius 1 is 0.932 bits per heavy atom. The van der Waals surface area contributed by atoms with Gasteiger partial charge in [-0.25, -0.2) is 9.07 Å². The Kier molecular flexibility index (Phi) is 8.27. The molecule has 2 aliphatic heterocycles. The average Bonchev–Trinajstić information content (AvgIpc) is 3.34. The predicted octanol–water partition coefficient (Wildman–Crippen LogP) is 5.16. The van der Waals surface area contributed by atoms with Crippen molar-refractivity contribution in [2.75, 3.05) is 43.4 Å². The lowest BCUT2D eigenvalue weighted by Crippen LogP contribution is -2.53. The molecule has 3 aromatic carbocycles. The first-order valence-electron chi connectivity index (χ1n) is 14.7. The van der Waals surface area contributed by atoms with Gasteiger partial charge in [0.15, 0.2) is 0 Å². The van der Waals surface area contributed by atoms with Crippen LogP contribution in [0.1, 0.15) is 34.4 Å². The van der Waals surface area contributed by atoms with Crippen LogP contribution < -0.4 is 4.90 Å². The molecule has 10 heteroatoms. The molecule has 0 saturated carbocycles. The molecule has 4 aromatic rings. The molecule has 2 aliphatic rings. The van der Waals surface area contributed by atoms with Crippen LogP contribution in [0.3, 0.4) is 0 Å². The number of fused-ring (bicyclic) bond motifs is 1. The third-order valence-electron chi connectivity index (χ3n) is 8.26. The molecule has 8 nitrogen and oxygen atoms in total. The maximum absolute atomic E-state index is 14.0. The van der Waals surface area contributed by atoms with Gasteiger partial charge in [0.2, 0.25) is 17.7 Å². The highest BCUT2D eigenvalue weighted by atomic mass is 32.2. The molecule has 0 aliphatic carbocycles. The second-order valence-electron chi connectivity index (χ2n) is 11.3. The van der Waals surface area contributed by atoms with Gasteiger partial charge in [-0.05, 0) is 43.2 Å². The van der Waals surface area contributed by atoms with E-state index < -0.39 is 0 Å². The normalized spacial score (nSPS) is 17.0. The van der Waals surface area contributed by atoms with Crippen LogP contribution >= 0.6 is 11.8 Å². The predicted molar refractivity (Wildman–Crippen MR) is 170 cm³/mol. The molecule has 0 radical (unpaired) electrons. The molecule has 0 spiro atoms. The molecule has 1 saturated heterocycles. The van der Waals surface area contributed by atoms with Crippen molar-refractivity contribution in [3.05, 3.63) is 101 Å². The summed E-state index contributed by atoms with van der Waals surface area (Å²) in [5.41, 5.74) is 6.10. The number of anilines is 1. The van der Waals surface area contributed by atoms with Crippen molar-refractivity contribution in [2.24, 2.45) is 0 Å². The van der Waals surface area contributed by atoms with Crippen LogP contribution in [0.15, 0.2) is 72.8 Å². The number of piperazine rings is 1. The van der Waals surface area contributed by atoms with Crippen LogP contribution in [0.2, 0.25) is 0 Å². The quantitative estimate of drug-likeness (QED) is 0.312. The van der Waals surface area contributed by atoms with Gasteiger partial charge in [-0.2, -0.15) is 5.10 Å². The first-order valence-corrected chi connectivity index (χ1v) is 15.7. The number of aromatic nitrogens is 2. The Bertz CT molecular complexity index is 1710. The monoisotopic (exact) mass is 611 g/mol. The number of amides is 3. The number of aryl methyl sites for hydroxylation is 2. The van der Waals surface area contributed by atoms with Crippen molar-refractivity contribution in [3.8, 4) is 16.9 Å². The first kappa shape index (κ1) is 29.6. The van der Waals surface area contributed by atoms with Crippen LogP contribution in [0.4, 0.5) is 10.2 Å². The number of carbonyl (C=O) groups excluding carboxylic acids is 3. The summed E-state index contributed by atoms with van der Waals surface area (Å²) in [4.78, 5) is 44.7. The van der Waals surface area contributed by atoms with E-state index in [1.54, 1.807) is 31.5 Å². The van der Waals surface area contributed by atoms with Crippen molar-refractivity contribution >= 4 is 35.3 Å². The SMILES string of the molecule is CC(=O)N1CCN(C(=O)CN2C(=O)CSC(c3ccc(F)cc3)c3c(-c4ccccc4)nn(-c4ccc(C)cc4C)c32)CC1. The second kappa shape index (κ2) is 12.3. The van der Waals surface area contributed by atoms with Gasteiger partial charge in [0.05, 0.1) is 22.4 Å². The summed E-state index contributed by atoms with van der Waals surface area (Å²) in [7, 11) is 0. The number of halogens is 1. The molecule has 1 atom stereocenters. The fraction of sp³-hybridized carbons (Fsp3) is 0.294. The highest BCUT2D eigenvalue weighted by Gasteiger charge is 2.38. The first-order chi connectivity index (χ1) is 21.2. The fourth-order valence-electron chi connectivity index (χ4n) is 5.95. The van der Waals surface area contributed by atoms with Gasteiger partial charge in [0, 0.05) is 44.2 Å². The Balaban J connectivity index is 1.53. The number of rotatable bonds is 5. The second-order valence-corrected chi connectivity index (χ2v) is 12.4. The largest absolute Gasteiger partial charge is 0.339 e. The van der Waals surface area contributed by atoms with Crippen molar-refractivity contribution in [1.29, 1.82) is 0 Å². The number of nitrogens with zero attached hydrogens (tertiary/aromatic N) is 5. The fourth-order valence-corrected chi connectivity index (χ4v) is 7.14. The summed E-state index contributed by atoms with van der Waals surface area (Å²) < 4.78 is 15.8. The molecule has 3 amide bonds. The lowest BCUT2D eigenvalue weighted by molar-refractivity contribution is -0.137. The van der Waals surface area contributed by atoms with Gasteiger partial charge in [0.25, 0.3) is 0 Å². The number of carbonyl (C=O) groups is 3. The minimum Gasteiger partial charge on any atom is -0.339 e. The molecule has 44 heavy (non-hydrogen) atoms. The minimum atomic E-state index is -0.344. The van der Waals surface area contributed by atoms with Gasteiger partial charge in [0.1, 0.15) is 18.2 Å². The Morgan fingerprint density at radius 3 is 2.27 bits per heavy atom. The standard InChI is InChI=1S/C34H34FN5O3S/c1-22-9-14-28(23(2)19-22)40-34-31(32(36-40)25-7-5-4-6-8-25)33(26-10-12-27(35)13-11-26)44-21-30(43)39(34)20-29(42)38-17-15-37(16-18-38)24(3)41/h4-14,19,33H,15-18,20-21H2,1-3H3. The Hall–Kier alpha value is -4.44. The van der Waals surface area contributed by atoms with E-state index in [-0.39, 0.29) is 41.1 Å². The van der Waals surface area contributed by atoms with E-state index >= 15 is 0 Å². The van der Waals surface area contributed by atoms with Gasteiger partial charge in [-0.1, -0.05) is 60.2 Å². The van der Waals surface area contributed by atoms with Crippen molar-refractivity contribution < 1.29 is 18.8 Å². The number of thioether (sulfide) groups is 1. The zero-order valence-corrected chi connectivity index (χ0v) is 25.8.